The Morgan fingerprint density at radius 2 is 1.88 bits per heavy atom. The summed E-state index contributed by atoms with van der Waals surface area (Å²) >= 11 is 0. The van der Waals surface area contributed by atoms with Gasteiger partial charge in [-0.15, -0.1) is 0 Å². The van der Waals surface area contributed by atoms with Crippen LogP contribution in [-0.4, -0.2) is 35.4 Å². The summed E-state index contributed by atoms with van der Waals surface area (Å²) in [5.41, 5.74) is 0.247. The van der Waals surface area contributed by atoms with Gasteiger partial charge in [0.15, 0.2) is 9.84 Å². The van der Waals surface area contributed by atoms with Gasteiger partial charge in [0.25, 0.3) is 0 Å². The van der Waals surface area contributed by atoms with Crippen LogP contribution in [0, 0.1) is 0 Å². The highest BCUT2D eigenvalue weighted by atomic mass is 32.2. The van der Waals surface area contributed by atoms with Crippen molar-refractivity contribution in [3.8, 4) is 0 Å². The van der Waals surface area contributed by atoms with Crippen LogP contribution in [0.5, 0.6) is 0 Å². The summed E-state index contributed by atoms with van der Waals surface area (Å²) in [7, 11) is -6.76. The fraction of sp³-hybridized carbons (Fsp3) is 0.333. The summed E-state index contributed by atoms with van der Waals surface area (Å²) in [6, 6.07) is 6.15. The van der Waals surface area contributed by atoms with E-state index in [-0.39, 0.29) is 22.9 Å². The normalized spacial score (nSPS) is 19.2. The first kappa shape index (κ1) is 11.4. The monoisotopic (exact) mass is 261 g/mol. The Morgan fingerprint density at radius 1 is 1.25 bits per heavy atom. The first-order valence-corrected chi connectivity index (χ1v) is 8.12. The Hall–Kier alpha value is -1.08. The van der Waals surface area contributed by atoms with Crippen molar-refractivity contribution in [1.29, 1.82) is 0 Å². The molecule has 1 aromatic carbocycles. The quantitative estimate of drug-likeness (QED) is 0.726. The molecule has 5 nitrogen and oxygen atoms in total. The minimum absolute atomic E-state index is 0.0157. The zero-order chi connectivity index (χ0) is 12.0. The molecule has 16 heavy (non-hydrogen) atoms. The van der Waals surface area contributed by atoms with Gasteiger partial charge in [0.1, 0.15) is 0 Å². The molecule has 1 heterocycles. The maximum atomic E-state index is 11.7. The number of para-hydroxylation sites is 1. The van der Waals surface area contributed by atoms with Crippen LogP contribution >= 0.6 is 0 Å². The van der Waals surface area contributed by atoms with Gasteiger partial charge in [0.05, 0.1) is 22.6 Å². The van der Waals surface area contributed by atoms with E-state index in [1.165, 1.54) is 12.1 Å². The molecule has 0 saturated heterocycles. The van der Waals surface area contributed by atoms with Crippen LogP contribution < -0.4 is 4.31 Å². The number of rotatable bonds is 1. The Bertz CT molecular complexity index is 619. The van der Waals surface area contributed by atoms with Crippen LogP contribution in [0.3, 0.4) is 0 Å². The lowest BCUT2D eigenvalue weighted by Crippen LogP contribution is -2.39. The molecule has 88 valence electrons. The number of nitrogens with zero attached hydrogens (tertiary/aromatic N) is 1. The number of anilines is 1. The van der Waals surface area contributed by atoms with E-state index >= 15 is 0 Å². The standard InChI is InChI=1S/C9H11NO4S2/c1-15(11,12)10-6-7-16(13,14)9-5-3-2-4-8(9)10/h2-5H,6-7H2,1H3. The van der Waals surface area contributed by atoms with Crippen LogP contribution in [0.15, 0.2) is 29.2 Å². The third-order valence-corrected chi connectivity index (χ3v) is 5.35. The average molecular weight is 261 g/mol. The first-order valence-electron chi connectivity index (χ1n) is 4.62. The minimum Gasteiger partial charge on any atom is -0.268 e. The number of hydrogen-bond acceptors (Lipinski definition) is 4. The van der Waals surface area contributed by atoms with Crippen molar-refractivity contribution in [2.24, 2.45) is 0 Å². The molecule has 0 radical (unpaired) electrons. The maximum absolute atomic E-state index is 11.7. The molecule has 2 rings (SSSR count). The van der Waals surface area contributed by atoms with E-state index in [0.29, 0.717) is 0 Å². The van der Waals surface area contributed by atoms with Crippen LogP contribution in [0.25, 0.3) is 0 Å². The molecule has 0 amide bonds. The van der Waals surface area contributed by atoms with Crippen LogP contribution in [-0.2, 0) is 19.9 Å². The molecule has 1 aromatic rings. The van der Waals surface area contributed by atoms with E-state index < -0.39 is 19.9 Å². The predicted molar refractivity (Wildman–Crippen MR) is 60.7 cm³/mol. The van der Waals surface area contributed by atoms with Crippen LogP contribution in [0.2, 0.25) is 0 Å². The van der Waals surface area contributed by atoms with Crippen molar-refractivity contribution in [3.05, 3.63) is 24.3 Å². The van der Waals surface area contributed by atoms with E-state index in [9.17, 15) is 16.8 Å². The fourth-order valence-electron chi connectivity index (χ4n) is 1.70. The summed E-state index contributed by atoms with van der Waals surface area (Å²) in [4.78, 5) is 0.0895. The number of sulfonamides is 1. The SMILES string of the molecule is CS(=O)(=O)N1CCS(=O)(=O)c2ccccc21. The number of sulfone groups is 1. The van der Waals surface area contributed by atoms with Crippen molar-refractivity contribution in [2.45, 2.75) is 4.90 Å². The lowest BCUT2D eigenvalue weighted by molar-refractivity contribution is 0.587. The van der Waals surface area contributed by atoms with Gasteiger partial charge in [-0.2, -0.15) is 0 Å². The molecule has 7 heteroatoms. The Morgan fingerprint density at radius 3 is 2.50 bits per heavy atom. The zero-order valence-electron chi connectivity index (χ0n) is 8.62. The summed E-state index contributed by atoms with van der Waals surface area (Å²) in [6.07, 6.45) is 1.07. The molecule has 0 fully saturated rings. The van der Waals surface area contributed by atoms with Crippen molar-refractivity contribution in [3.63, 3.8) is 0 Å². The molecule has 1 aliphatic rings. The lowest BCUT2D eigenvalue weighted by atomic mass is 10.3. The minimum atomic E-state index is -3.42. The number of fused-ring (bicyclic) bond motifs is 1. The predicted octanol–water partition coefficient (Wildman–Crippen LogP) is 0.240. The van der Waals surface area contributed by atoms with Gasteiger partial charge in [-0.05, 0) is 12.1 Å². The van der Waals surface area contributed by atoms with E-state index in [2.05, 4.69) is 0 Å². The summed E-state index contributed by atoms with van der Waals surface area (Å²) in [5.74, 6) is -0.170. The molecule has 1 aliphatic heterocycles. The highest BCUT2D eigenvalue weighted by molar-refractivity contribution is 7.93. The zero-order valence-corrected chi connectivity index (χ0v) is 10.3. The highest BCUT2D eigenvalue weighted by Gasteiger charge is 2.32. The second kappa shape index (κ2) is 3.46. The van der Waals surface area contributed by atoms with E-state index in [1.54, 1.807) is 12.1 Å². The fourth-order valence-corrected chi connectivity index (χ4v) is 4.24. The van der Waals surface area contributed by atoms with Crippen molar-refractivity contribution in [2.75, 3.05) is 22.9 Å². The molecule has 0 aromatic heterocycles. The van der Waals surface area contributed by atoms with Crippen molar-refractivity contribution < 1.29 is 16.8 Å². The number of hydrogen-bond donors (Lipinski definition) is 0. The third kappa shape index (κ3) is 1.80. The Kier molecular flexibility index (Phi) is 2.47. The van der Waals surface area contributed by atoms with Gasteiger partial charge in [0, 0.05) is 6.54 Å². The molecule has 0 N–H and O–H groups in total. The highest BCUT2D eigenvalue weighted by Crippen LogP contribution is 2.31. The van der Waals surface area contributed by atoms with Gasteiger partial charge in [-0.25, -0.2) is 16.8 Å². The lowest BCUT2D eigenvalue weighted by Gasteiger charge is -2.28. The van der Waals surface area contributed by atoms with E-state index in [0.717, 1.165) is 10.6 Å². The van der Waals surface area contributed by atoms with Gasteiger partial charge in [-0.3, -0.25) is 4.31 Å². The summed E-state index contributed by atoms with van der Waals surface area (Å²) in [6.45, 7) is -0.0157. The molecule has 0 bridgehead atoms. The summed E-state index contributed by atoms with van der Waals surface area (Å²) < 4.78 is 47.6. The largest absolute Gasteiger partial charge is 0.268 e. The smallest absolute Gasteiger partial charge is 0.232 e. The molecule has 0 spiro atoms. The van der Waals surface area contributed by atoms with Gasteiger partial charge in [-0.1, -0.05) is 12.1 Å². The van der Waals surface area contributed by atoms with Gasteiger partial charge >= 0.3 is 0 Å². The van der Waals surface area contributed by atoms with Crippen LogP contribution in [0.4, 0.5) is 5.69 Å². The van der Waals surface area contributed by atoms with Gasteiger partial charge < -0.3 is 0 Å². The third-order valence-electron chi connectivity index (χ3n) is 2.43. The maximum Gasteiger partial charge on any atom is 0.232 e. The molecular weight excluding hydrogens is 250 g/mol. The number of benzene rings is 1. The van der Waals surface area contributed by atoms with Crippen molar-refractivity contribution >= 4 is 25.5 Å². The van der Waals surface area contributed by atoms with Crippen LogP contribution in [0.1, 0.15) is 0 Å². The topological polar surface area (TPSA) is 71.5 Å². The molecular formula is C9H11NO4S2. The molecule has 0 unspecified atom stereocenters. The van der Waals surface area contributed by atoms with E-state index in [4.69, 9.17) is 0 Å². The molecule has 0 saturated carbocycles. The summed E-state index contributed by atoms with van der Waals surface area (Å²) in [5, 5.41) is 0. The van der Waals surface area contributed by atoms with E-state index in [1.807, 2.05) is 0 Å². The second-order valence-corrected chi connectivity index (χ2v) is 7.61. The second-order valence-electron chi connectivity index (χ2n) is 3.62. The Labute approximate surface area is 94.7 Å². The van der Waals surface area contributed by atoms with Gasteiger partial charge in [0.2, 0.25) is 10.0 Å². The average Bonchev–Trinajstić information content (AvgIpc) is 2.16. The molecule has 0 aliphatic carbocycles. The Balaban J connectivity index is 2.70. The molecule has 0 atom stereocenters. The first-order chi connectivity index (χ1) is 7.32. The van der Waals surface area contributed by atoms with Crippen molar-refractivity contribution in [1.82, 2.24) is 0 Å².